The van der Waals surface area contributed by atoms with E-state index in [0.717, 1.165) is 11.1 Å². The summed E-state index contributed by atoms with van der Waals surface area (Å²) in [5, 5.41) is 0. The molecule has 0 spiro atoms. The van der Waals surface area contributed by atoms with Crippen LogP contribution in [0.2, 0.25) is 0 Å². The summed E-state index contributed by atoms with van der Waals surface area (Å²) >= 11 is 0. The van der Waals surface area contributed by atoms with Crippen molar-refractivity contribution >= 4 is 5.69 Å². The summed E-state index contributed by atoms with van der Waals surface area (Å²) in [6.45, 7) is 11.0. The first-order valence-electron chi connectivity index (χ1n) is 5.74. The molecule has 0 saturated carbocycles. The van der Waals surface area contributed by atoms with Gasteiger partial charge in [0.2, 0.25) is 0 Å². The SMILES string of the molecule is [C-]#[N+]c1c(C(C)C)cc(-c2ccccc2)oc1=O. The van der Waals surface area contributed by atoms with Crippen molar-refractivity contribution in [3.05, 3.63) is 63.8 Å². The fraction of sp³-hybridized carbons (Fsp3) is 0.200. The molecule has 18 heavy (non-hydrogen) atoms. The van der Waals surface area contributed by atoms with Gasteiger partial charge >= 0.3 is 5.63 Å². The van der Waals surface area contributed by atoms with Gasteiger partial charge in [-0.3, -0.25) is 4.79 Å². The smallest absolute Gasteiger partial charge is 0.342 e. The fourth-order valence-electron chi connectivity index (χ4n) is 1.80. The Morgan fingerprint density at radius 3 is 2.44 bits per heavy atom. The number of hydrogen-bond donors (Lipinski definition) is 0. The van der Waals surface area contributed by atoms with E-state index in [9.17, 15) is 4.79 Å². The van der Waals surface area contributed by atoms with E-state index in [1.165, 1.54) is 0 Å². The lowest BCUT2D eigenvalue weighted by Gasteiger charge is -2.09. The summed E-state index contributed by atoms with van der Waals surface area (Å²) in [4.78, 5) is 15.1. The van der Waals surface area contributed by atoms with E-state index < -0.39 is 5.63 Å². The van der Waals surface area contributed by atoms with Gasteiger partial charge in [-0.25, -0.2) is 4.85 Å². The molecule has 1 aromatic carbocycles. The number of hydrogen-bond acceptors (Lipinski definition) is 2. The zero-order valence-corrected chi connectivity index (χ0v) is 10.3. The first-order valence-corrected chi connectivity index (χ1v) is 5.74. The Bertz CT molecular complexity index is 648. The fourth-order valence-corrected chi connectivity index (χ4v) is 1.80. The van der Waals surface area contributed by atoms with Gasteiger partial charge in [0, 0.05) is 5.56 Å². The number of benzene rings is 1. The van der Waals surface area contributed by atoms with Crippen LogP contribution in [0.15, 0.2) is 45.6 Å². The predicted molar refractivity (Wildman–Crippen MR) is 70.8 cm³/mol. The zero-order valence-electron chi connectivity index (χ0n) is 10.3. The van der Waals surface area contributed by atoms with Gasteiger partial charge in [0.1, 0.15) is 5.76 Å². The van der Waals surface area contributed by atoms with Crippen LogP contribution in [0, 0.1) is 6.57 Å². The van der Waals surface area contributed by atoms with Gasteiger partial charge in [-0.2, -0.15) is 0 Å². The second-order valence-corrected chi connectivity index (χ2v) is 4.33. The third kappa shape index (κ3) is 2.18. The van der Waals surface area contributed by atoms with Crippen LogP contribution in [0.5, 0.6) is 0 Å². The van der Waals surface area contributed by atoms with Crippen LogP contribution in [0.1, 0.15) is 25.3 Å². The van der Waals surface area contributed by atoms with E-state index in [0.29, 0.717) is 5.76 Å². The minimum absolute atomic E-state index is 0.0877. The largest absolute Gasteiger partial charge is 0.431 e. The molecule has 0 atom stereocenters. The van der Waals surface area contributed by atoms with Gasteiger partial charge in [-0.05, 0) is 17.5 Å². The molecular weight excluding hydrogens is 226 g/mol. The minimum Gasteiger partial charge on any atom is -0.431 e. The molecule has 1 aromatic heterocycles. The summed E-state index contributed by atoms with van der Waals surface area (Å²) in [7, 11) is 0. The van der Waals surface area contributed by atoms with Crippen LogP contribution in [-0.2, 0) is 0 Å². The van der Waals surface area contributed by atoms with Gasteiger partial charge in [-0.1, -0.05) is 44.2 Å². The lowest BCUT2D eigenvalue weighted by Crippen LogP contribution is -2.03. The molecule has 0 saturated heterocycles. The van der Waals surface area contributed by atoms with Crippen LogP contribution in [0.4, 0.5) is 5.69 Å². The summed E-state index contributed by atoms with van der Waals surface area (Å²) in [6.07, 6.45) is 0. The highest BCUT2D eigenvalue weighted by molar-refractivity contribution is 5.62. The maximum Gasteiger partial charge on any atom is 0.342 e. The summed E-state index contributed by atoms with van der Waals surface area (Å²) < 4.78 is 5.21. The highest BCUT2D eigenvalue weighted by Crippen LogP contribution is 2.28. The Labute approximate surface area is 106 Å². The van der Waals surface area contributed by atoms with Gasteiger partial charge in [0.05, 0.1) is 6.57 Å². The molecule has 0 bridgehead atoms. The first kappa shape index (κ1) is 12.1. The van der Waals surface area contributed by atoms with Crippen LogP contribution < -0.4 is 5.63 Å². The highest BCUT2D eigenvalue weighted by Gasteiger charge is 2.15. The van der Waals surface area contributed by atoms with Gasteiger partial charge < -0.3 is 4.42 Å². The van der Waals surface area contributed by atoms with Crippen molar-refractivity contribution in [3.63, 3.8) is 0 Å². The van der Waals surface area contributed by atoms with Gasteiger partial charge in [-0.15, -0.1) is 0 Å². The molecular formula is C15H13NO2. The molecule has 0 N–H and O–H groups in total. The molecule has 2 rings (SSSR count). The van der Waals surface area contributed by atoms with Crippen molar-refractivity contribution < 1.29 is 4.42 Å². The van der Waals surface area contributed by atoms with Crippen molar-refractivity contribution in [1.82, 2.24) is 0 Å². The molecule has 3 nitrogen and oxygen atoms in total. The Kier molecular flexibility index (Phi) is 3.29. The maximum atomic E-state index is 11.8. The van der Waals surface area contributed by atoms with Crippen LogP contribution in [0.3, 0.4) is 0 Å². The third-order valence-electron chi connectivity index (χ3n) is 2.75. The summed E-state index contributed by atoms with van der Waals surface area (Å²) in [5.74, 6) is 0.623. The normalized spacial score (nSPS) is 10.3. The van der Waals surface area contributed by atoms with E-state index in [1.807, 2.05) is 44.2 Å². The number of nitrogens with zero attached hydrogens (tertiary/aromatic N) is 1. The lowest BCUT2D eigenvalue weighted by molar-refractivity contribution is 0.526. The molecule has 0 aliphatic rings. The van der Waals surface area contributed by atoms with Gasteiger partial charge in [0.25, 0.3) is 5.69 Å². The van der Waals surface area contributed by atoms with Crippen molar-refractivity contribution in [2.24, 2.45) is 0 Å². The van der Waals surface area contributed by atoms with E-state index in [-0.39, 0.29) is 11.6 Å². The molecule has 0 aliphatic carbocycles. The van der Waals surface area contributed by atoms with Crippen molar-refractivity contribution in [2.45, 2.75) is 19.8 Å². The Balaban J connectivity index is 2.67. The lowest BCUT2D eigenvalue weighted by atomic mass is 10.0. The van der Waals surface area contributed by atoms with E-state index >= 15 is 0 Å². The molecule has 0 fully saturated rings. The highest BCUT2D eigenvalue weighted by atomic mass is 16.4. The molecule has 3 heteroatoms. The second kappa shape index (κ2) is 4.89. The molecule has 0 unspecified atom stereocenters. The van der Waals surface area contributed by atoms with Crippen LogP contribution in [-0.4, -0.2) is 0 Å². The zero-order chi connectivity index (χ0) is 13.1. The van der Waals surface area contributed by atoms with E-state index in [1.54, 1.807) is 6.07 Å². The summed E-state index contributed by atoms with van der Waals surface area (Å²) in [6, 6.07) is 11.2. The Morgan fingerprint density at radius 1 is 1.22 bits per heavy atom. The maximum absolute atomic E-state index is 11.8. The summed E-state index contributed by atoms with van der Waals surface area (Å²) in [5.41, 5.74) is 1.10. The van der Waals surface area contributed by atoms with E-state index in [2.05, 4.69) is 4.85 Å². The number of rotatable bonds is 2. The van der Waals surface area contributed by atoms with Crippen LogP contribution >= 0.6 is 0 Å². The monoisotopic (exact) mass is 239 g/mol. The molecule has 0 aliphatic heterocycles. The predicted octanol–water partition coefficient (Wildman–Crippen LogP) is 3.98. The molecule has 0 radical (unpaired) electrons. The molecule has 90 valence electrons. The second-order valence-electron chi connectivity index (χ2n) is 4.33. The molecule has 0 amide bonds. The standard InChI is InChI=1S/C15H13NO2/c1-10(2)12-9-13(11-7-5-4-6-8-11)18-15(17)14(12)16-3/h4-10H,1-2H3. The first-order chi connectivity index (χ1) is 8.63. The van der Waals surface area contributed by atoms with Crippen molar-refractivity contribution in [2.75, 3.05) is 0 Å². The topological polar surface area (TPSA) is 34.6 Å². The Hall–Kier alpha value is -2.34. The molecule has 2 aromatic rings. The van der Waals surface area contributed by atoms with Crippen molar-refractivity contribution in [3.8, 4) is 11.3 Å². The quantitative estimate of drug-likeness (QED) is 0.743. The average molecular weight is 239 g/mol. The average Bonchev–Trinajstić information content (AvgIpc) is 2.38. The van der Waals surface area contributed by atoms with Crippen LogP contribution in [0.25, 0.3) is 16.2 Å². The minimum atomic E-state index is -0.560. The molecule has 1 heterocycles. The third-order valence-corrected chi connectivity index (χ3v) is 2.75. The Morgan fingerprint density at radius 2 is 1.89 bits per heavy atom. The van der Waals surface area contributed by atoms with Crippen molar-refractivity contribution in [1.29, 1.82) is 0 Å². The van der Waals surface area contributed by atoms with E-state index in [4.69, 9.17) is 11.0 Å². The van der Waals surface area contributed by atoms with Gasteiger partial charge in [0.15, 0.2) is 0 Å².